The van der Waals surface area contributed by atoms with E-state index in [0.717, 1.165) is 47.9 Å². The summed E-state index contributed by atoms with van der Waals surface area (Å²) in [5.41, 5.74) is 8.96. The monoisotopic (exact) mass is 309 g/mol. The first-order chi connectivity index (χ1) is 11.2. The lowest BCUT2D eigenvalue weighted by Crippen LogP contribution is -2.27. The van der Waals surface area contributed by atoms with Crippen molar-refractivity contribution in [2.24, 2.45) is 5.73 Å². The van der Waals surface area contributed by atoms with E-state index in [2.05, 4.69) is 21.0 Å². The Hall–Kier alpha value is -2.60. The molecule has 1 aromatic carbocycles. The van der Waals surface area contributed by atoms with Gasteiger partial charge in [-0.05, 0) is 24.6 Å². The summed E-state index contributed by atoms with van der Waals surface area (Å²) in [4.78, 5) is 6.78. The number of fused-ring (bicyclic) bond motifs is 1. The van der Waals surface area contributed by atoms with Crippen LogP contribution in [0, 0.1) is 0 Å². The van der Waals surface area contributed by atoms with Crippen molar-refractivity contribution in [2.45, 2.75) is 12.5 Å². The highest BCUT2D eigenvalue weighted by Gasteiger charge is 2.22. The van der Waals surface area contributed by atoms with E-state index in [-0.39, 0.29) is 6.04 Å². The van der Waals surface area contributed by atoms with Gasteiger partial charge in [0, 0.05) is 37.1 Å². The molecule has 0 spiro atoms. The molecular weight excluding hydrogens is 290 g/mol. The van der Waals surface area contributed by atoms with Crippen LogP contribution in [0.1, 0.15) is 6.42 Å². The maximum absolute atomic E-state index is 6.03. The van der Waals surface area contributed by atoms with Crippen molar-refractivity contribution in [2.75, 3.05) is 25.1 Å². The van der Waals surface area contributed by atoms with Gasteiger partial charge >= 0.3 is 0 Å². The summed E-state index contributed by atoms with van der Waals surface area (Å²) >= 11 is 0. The molecule has 3 aromatic rings. The maximum atomic E-state index is 6.03. The minimum atomic E-state index is 0.220. The van der Waals surface area contributed by atoms with E-state index < -0.39 is 0 Å². The molecule has 1 aliphatic rings. The van der Waals surface area contributed by atoms with Crippen molar-refractivity contribution < 1.29 is 4.74 Å². The van der Waals surface area contributed by atoms with Gasteiger partial charge < -0.3 is 15.4 Å². The molecule has 0 saturated carbocycles. The molecule has 6 nitrogen and oxygen atoms in total. The predicted molar refractivity (Wildman–Crippen MR) is 89.8 cm³/mol. The average Bonchev–Trinajstić information content (AvgIpc) is 3.20. The van der Waals surface area contributed by atoms with Crippen LogP contribution in [0.2, 0.25) is 0 Å². The van der Waals surface area contributed by atoms with Gasteiger partial charge in [-0.3, -0.25) is 0 Å². The molecule has 0 amide bonds. The second kappa shape index (κ2) is 5.55. The molecule has 6 heteroatoms. The molecule has 2 aromatic heterocycles. The Morgan fingerprint density at radius 2 is 2.22 bits per heavy atom. The van der Waals surface area contributed by atoms with Crippen molar-refractivity contribution >= 4 is 11.3 Å². The third-order valence-corrected chi connectivity index (χ3v) is 4.26. The summed E-state index contributed by atoms with van der Waals surface area (Å²) in [6.45, 7) is 1.78. The molecule has 0 radical (unpaired) electrons. The molecule has 1 fully saturated rings. The molecule has 1 atom stereocenters. The maximum Gasteiger partial charge on any atom is 0.154 e. The highest BCUT2D eigenvalue weighted by Crippen LogP contribution is 2.28. The number of methoxy groups -OCH3 is 1. The highest BCUT2D eigenvalue weighted by atomic mass is 16.5. The fraction of sp³-hybridized carbons (Fsp3) is 0.294. The Kier molecular flexibility index (Phi) is 3.38. The zero-order valence-corrected chi connectivity index (χ0v) is 13.0. The third kappa shape index (κ3) is 2.51. The van der Waals surface area contributed by atoms with Gasteiger partial charge in [-0.25, -0.2) is 9.50 Å². The van der Waals surface area contributed by atoms with Gasteiger partial charge in [0.1, 0.15) is 11.3 Å². The number of hydrogen-bond acceptors (Lipinski definition) is 5. The molecule has 1 saturated heterocycles. The van der Waals surface area contributed by atoms with Crippen LogP contribution in [0.5, 0.6) is 5.75 Å². The Bertz CT molecular complexity index is 844. The first-order valence-electron chi connectivity index (χ1n) is 7.74. The van der Waals surface area contributed by atoms with Crippen LogP contribution in [0.3, 0.4) is 0 Å². The fourth-order valence-electron chi connectivity index (χ4n) is 3.06. The van der Waals surface area contributed by atoms with Gasteiger partial charge in [-0.1, -0.05) is 12.1 Å². The van der Waals surface area contributed by atoms with Crippen molar-refractivity contribution in [1.29, 1.82) is 0 Å². The van der Waals surface area contributed by atoms with Crippen LogP contribution < -0.4 is 15.4 Å². The summed E-state index contributed by atoms with van der Waals surface area (Å²) in [6.07, 6.45) is 4.66. The van der Waals surface area contributed by atoms with E-state index >= 15 is 0 Å². The summed E-state index contributed by atoms with van der Waals surface area (Å²) in [5.74, 6) is 1.77. The second-order valence-electron chi connectivity index (χ2n) is 5.84. The molecule has 1 aliphatic heterocycles. The largest absolute Gasteiger partial charge is 0.497 e. The molecule has 4 rings (SSSR count). The summed E-state index contributed by atoms with van der Waals surface area (Å²) in [6, 6.07) is 10.2. The first-order valence-corrected chi connectivity index (χ1v) is 7.74. The lowest BCUT2D eigenvalue weighted by atomic mass is 10.1. The number of nitrogens with two attached hydrogens (primary N) is 1. The quantitative estimate of drug-likeness (QED) is 0.801. The van der Waals surface area contributed by atoms with Crippen molar-refractivity contribution in [3.05, 3.63) is 42.7 Å². The Morgan fingerprint density at radius 3 is 3.00 bits per heavy atom. The molecule has 0 aliphatic carbocycles. The molecular formula is C17H19N5O. The molecule has 1 unspecified atom stereocenters. The summed E-state index contributed by atoms with van der Waals surface area (Å²) < 4.78 is 7.17. The predicted octanol–water partition coefficient (Wildman–Crippen LogP) is 1.94. The zero-order chi connectivity index (χ0) is 15.8. The van der Waals surface area contributed by atoms with Crippen LogP contribution in [0.4, 0.5) is 5.82 Å². The number of benzene rings is 1. The zero-order valence-electron chi connectivity index (χ0n) is 13.0. The minimum absolute atomic E-state index is 0.220. The second-order valence-corrected chi connectivity index (χ2v) is 5.84. The third-order valence-electron chi connectivity index (χ3n) is 4.26. The van der Waals surface area contributed by atoms with Crippen LogP contribution >= 0.6 is 0 Å². The lowest BCUT2D eigenvalue weighted by molar-refractivity contribution is 0.415. The van der Waals surface area contributed by atoms with E-state index in [1.54, 1.807) is 13.3 Å². The SMILES string of the molecule is COc1cccc(-c2cc3c(N4CCC(N)C4)nccn3n2)c1. The van der Waals surface area contributed by atoms with Crippen LogP contribution in [0.25, 0.3) is 16.8 Å². The molecule has 3 heterocycles. The Morgan fingerprint density at radius 1 is 1.30 bits per heavy atom. The van der Waals surface area contributed by atoms with Crippen LogP contribution in [-0.4, -0.2) is 40.8 Å². The van der Waals surface area contributed by atoms with Crippen molar-refractivity contribution in [3.8, 4) is 17.0 Å². The lowest BCUT2D eigenvalue weighted by Gasteiger charge is -2.17. The minimum Gasteiger partial charge on any atom is -0.497 e. The fourth-order valence-corrected chi connectivity index (χ4v) is 3.06. The number of rotatable bonds is 3. The van der Waals surface area contributed by atoms with E-state index in [4.69, 9.17) is 10.5 Å². The summed E-state index contributed by atoms with van der Waals surface area (Å²) in [5, 5.41) is 4.67. The van der Waals surface area contributed by atoms with E-state index in [1.165, 1.54) is 0 Å². The summed E-state index contributed by atoms with van der Waals surface area (Å²) in [7, 11) is 1.67. The number of aromatic nitrogens is 3. The van der Waals surface area contributed by atoms with Crippen molar-refractivity contribution in [3.63, 3.8) is 0 Å². The standard InChI is InChI=1S/C17H19N5O/c1-23-14-4-2-3-12(9-14)15-10-16-17(19-6-8-22(16)20-15)21-7-5-13(18)11-21/h2-4,6,8-10,13H,5,7,11,18H2,1H3. The smallest absolute Gasteiger partial charge is 0.154 e. The van der Waals surface area contributed by atoms with Gasteiger partial charge in [0.25, 0.3) is 0 Å². The van der Waals surface area contributed by atoms with Gasteiger partial charge in [-0.2, -0.15) is 5.10 Å². The van der Waals surface area contributed by atoms with E-state index in [1.807, 2.05) is 35.0 Å². The van der Waals surface area contributed by atoms with Crippen LogP contribution in [0.15, 0.2) is 42.7 Å². The Balaban J connectivity index is 1.78. The molecule has 2 N–H and O–H groups in total. The van der Waals surface area contributed by atoms with E-state index in [9.17, 15) is 0 Å². The van der Waals surface area contributed by atoms with Crippen LogP contribution in [-0.2, 0) is 0 Å². The number of nitrogens with zero attached hydrogens (tertiary/aromatic N) is 4. The molecule has 118 valence electrons. The molecule has 23 heavy (non-hydrogen) atoms. The van der Waals surface area contributed by atoms with Gasteiger partial charge in [0.2, 0.25) is 0 Å². The highest BCUT2D eigenvalue weighted by molar-refractivity contribution is 5.75. The number of hydrogen-bond donors (Lipinski definition) is 1. The van der Waals surface area contributed by atoms with Gasteiger partial charge in [0.15, 0.2) is 5.82 Å². The van der Waals surface area contributed by atoms with Gasteiger partial charge in [-0.15, -0.1) is 0 Å². The topological polar surface area (TPSA) is 68.7 Å². The first kappa shape index (κ1) is 14.0. The Labute approximate surface area is 134 Å². The number of ether oxygens (including phenoxy) is 1. The molecule has 0 bridgehead atoms. The van der Waals surface area contributed by atoms with Crippen molar-refractivity contribution in [1.82, 2.24) is 14.6 Å². The normalized spacial score (nSPS) is 17.8. The number of anilines is 1. The van der Waals surface area contributed by atoms with Gasteiger partial charge in [0.05, 0.1) is 12.8 Å². The van der Waals surface area contributed by atoms with E-state index in [0.29, 0.717) is 0 Å². The average molecular weight is 309 g/mol.